The number of benzene rings is 3. The summed E-state index contributed by atoms with van der Waals surface area (Å²) in [7, 11) is -3.82. The molecule has 162 valence electrons. The Labute approximate surface area is 184 Å². The molecule has 6 heteroatoms. The third kappa shape index (κ3) is 5.95. The average molecular weight is 437 g/mol. The first kappa shape index (κ1) is 22.6. The van der Waals surface area contributed by atoms with Gasteiger partial charge in [-0.2, -0.15) is 0 Å². The molecule has 0 aliphatic heterocycles. The van der Waals surface area contributed by atoms with Gasteiger partial charge in [-0.05, 0) is 49.1 Å². The van der Waals surface area contributed by atoms with Crippen molar-refractivity contribution in [2.75, 3.05) is 4.72 Å². The van der Waals surface area contributed by atoms with Crippen molar-refractivity contribution in [1.82, 2.24) is 5.32 Å². The lowest BCUT2D eigenvalue weighted by Crippen LogP contribution is -2.30. The summed E-state index contributed by atoms with van der Waals surface area (Å²) in [6, 6.07) is 22.8. The van der Waals surface area contributed by atoms with E-state index in [0.717, 1.165) is 17.5 Å². The Bertz CT molecular complexity index is 1120. The normalized spacial score (nSPS) is 12.4. The summed E-state index contributed by atoms with van der Waals surface area (Å²) in [5, 5.41) is 3.08. The molecular formula is C25H28N2O3S. The maximum atomic E-state index is 13.2. The number of anilines is 1. The highest BCUT2D eigenvalue weighted by Crippen LogP contribution is 2.24. The van der Waals surface area contributed by atoms with Crippen molar-refractivity contribution in [1.29, 1.82) is 0 Å². The minimum Gasteiger partial charge on any atom is -0.345 e. The number of hydrogen-bond donors (Lipinski definition) is 2. The molecule has 0 saturated carbocycles. The van der Waals surface area contributed by atoms with E-state index in [9.17, 15) is 13.2 Å². The van der Waals surface area contributed by atoms with E-state index < -0.39 is 10.0 Å². The number of para-hydroxylation sites is 1. The van der Waals surface area contributed by atoms with Crippen LogP contribution < -0.4 is 10.0 Å². The Hall–Kier alpha value is -3.12. The third-order valence-electron chi connectivity index (χ3n) is 4.96. The van der Waals surface area contributed by atoms with E-state index >= 15 is 0 Å². The zero-order valence-corrected chi connectivity index (χ0v) is 18.8. The number of sulfonamides is 1. The molecule has 0 radical (unpaired) electrons. The molecule has 1 atom stereocenters. The van der Waals surface area contributed by atoms with Crippen LogP contribution in [0.15, 0.2) is 83.8 Å². The van der Waals surface area contributed by atoms with Crippen LogP contribution in [0, 0.1) is 12.8 Å². The largest absolute Gasteiger partial charge is 0.345 e. The summed E-state index contributed by atoms with van der Waals surface area (Å²) in [5.74, 6) is 0.0532. The van der Waals surface area contributed by atoms with Crippen molar-refractivity contribution < 1.29 is 13.2 Å². The van der Waals surface area contributed by atoms with Crippen molar-refractivity contribution in [2.45, 2.75) is 38.1 Å². The number of aryl methyl sites for hydroxylation is 1. The zero-order valence-electron chi connectivity index (χ0n) is 18.0. The van der Waals surface area contributed by atoms with E-state index in [4.69, 9.17) is 0 Å². The van der Waals surface area contributed by atoms with Gasteiger partial charge in [0.1, 0.15) is 0 Å². The Kier molecular flexibility index (Phi) is 7.13. The standard InChI is InChI=1S/C25H28N2O3S/c1-18(2)17-24(20-9-5-4-6-10-20)26-25(28)22-11-7-8-12-23(22)27-31(29,30)21-15-13-19(3)14-16-21/h4-16,18,24,27H,17H2,1-3H3,(H,26,28)/t24-/m1/s1. The van der Waals surface area contributed by atoms with E-state index in [-0.39, 0.29) is 28.1 Å². The minimum absolute atomic E-state index is 0.148. The second-order valence-corrected chi connectivity index (χ2v) is 9.71. The summed E-state index contributed by atoms with van der Waals surface area (Å²) in [6.07, 6.45) is 0.771. The monoisotopic (exact) mass is 436 g/mol. The molecule has 5 nitrogen and oxygen atoms in total. The predicted octanol–water partition coefficient (Wildman–Crippen LogP) is 5.31. The van der Waals surface area contributed by atoms with E-state index in [1.54, 1.807) is 48.5 Å². The highest BCUT2D eigenvalue weighted by atomic mass is 32.2. The number of rotatable bonds is 8. The van der Waals surface area contributed by atoms with E-state index in [2.05, 4.69) is 23.9 Å². The molecule has 31 heavy (non-hydrogen) atoms. The number of carbonyl (C=O) groups excluding carboxylic acids is 1. The van der Waals surface area contributed by atoms with Gasteiger partial charge in [0.2, 0.25) is 0 Å². The van der Waals surface area contributed by atoms with Gasteiger partial charge in [-0.15, -0.1) is 0 Å². The van der Waals surface area contributed by atoms with Crippen LogP contribution in [0.1, 0.15) is 47.8 Å². The van der Waals surface area contributed by atoms with E-state index in [0.29, 0.717) is 5.92 Å². The molecule has 0 saturated heterocycles. The summed E-state index contributed by atoms with van der Waals surface area (Å²) in [4.78, 5) is 13.3. The molecule has 0 heterocycles. The molecule has 0 fully saturated rings. The van der Waals surface area contributed by atoms with Crippen molar-refractivity contribution >= 4 is 21.6 Å². The summed E-state index contributed by atoms with van der Waals surface area (Å²) in [6.45, 7) is 6.10. The van der Waals surface area contributed by atoms with Gasteiger partial charge >= 0.3 is 0 Å². The third-order valence-corrected chi connectivity index (χ3v) is 6.34. The molecular weight excluding hydrogens is 408 g/mol. The van der Waals surface area contributed by atoms with E-state index in [1.807, 2.05) is 37.3 Å². The Morgan fingerprint density at radius 1 is 0.871 bits per heavy atom. The first-order valence-corrected chi connectivity index (χ1v) is 11.8. The van der Waals surface area contributed by atoms with Crippen molar-refractivity contribution in [2.24, 2.45) is 5.92 Å². The fourth-order valence-corrected chi connectivity index (χ4v) is 4.44. The second-order valence-electron chi connectivity index (χ2n) is 8.03. The van der Waals surface area contributed by atoms with Crippen molar-refractivity contribution in [3.05, 3.63) is 95.6 Å². The quantitative estimate of drug-likeness (QED) is 0.502. The average Bonchev–Trinajstić information content (AvgIpc) is 2.74. The second kappa shape index (κ2) is 9.79. The number of hydrogen-bond acceptors (Lipinski definition) is 3. The van der Waals surface area contributed by atoms with E-state index in [1.165, 1.54) is 0 Å². The van der Waals surface area contributed by atoms with Crippen LogP contribution in [0.3, 0.4) is 0 Å². The van der Waals surface area contributed by atoms with Gasteiger partial charge in [0.25, 0.3) is 15.9 Å². The van der Waals surface area contributed by atoms with Gasteiger partial charge in [-0.25, -0.2) is 8.42 Å². The number of amides is 1. The molecule has 0 unspecified atom stereocenters. The zero-order chi connectivity index (χ0) is 22.4. The minimum atomic E-state index is -3.82. The van der Waals surface area contributed by atoms with Crippen LogP contribution in [0.25, 0.3) is 0 Å². The highest BCUT2D eigenvalue weighted by Gasteiger charge is 2.21. The van der Waals surface area contributed by atoms with Gasteiger partial charge < -0.3 is 5.32 Å². The molecule has 1 amide bonds. The number of carbonyl (C=O) groups is 1. The Balaban J connectivity index is 1.86. The molecule has 0 aliphatic rings. The SMILES string of the molecule is Cc1ccc(S(=O)(=O)Nc2ccccc2C(=O)N[C@H](CC(C)C)c2ccccc2)cc1. The van der Waals surface area contributed by atoms with Gasteiger partial charge in [0, 0.05) is 0 Å². The molecule has 0 aromatic heterocycles. The molecule has 3 aromatic rings. The first-order valence-electron chi connectivity index (χ1n) is 10.3. The Morgan fingerprint density at radius 2 is 1.48 bits per heavy atom. The van der Waals surface area contributed by atoms with Gasteiger partial charge in [-0.3, -0.25) is 9.52 Å². The first-order chi connectivity index (χ1) is 14.8. The van der Waals surface area contributed by atoms with Gasteiger partial charge in [-0.1, -0.05) is 74.0 Å². The molecule has 0 spiro atoms. The summed E-state index contributed by atoms with van der Waals surface area (Å²) < 4.78 is 28.2. The van der Waals surface area contributed by atoms with Crippen LogP contribution in [0.5, 0.6) is 0 Å². The van der Waals surface area contributed by atoms with Gasteiger partial charge in [0.05, 0.1) is 22.2 Å². The summed E-state index contributed by atoms with van der Waals surface area (Å²) >= 11 is 0. The highest BCUT2D eigenvalue weighted by molar-refractivity contribution is 7.92. The summed E-state index contributed by atoms with van der Waals surface area (Å²) in [5.41, 5.74) is 2.51. The lowest BCUT2D eigenvalue weighted by atomic mass is 9.96. The number of nitrogens with one attached hydrogen (secondary N) is 2. The van der Waals surface area contributed by atoms with Crippen LogP contribution in [0.4, 0.5) is 5.69 Å². The molecule has 3 aromatic carbocycles. The Morgan fingerprint density at radius 3 is 2.13 bits per heavy atom. The van der Waals surface area contributed by atoms with Crippen LogP contribution >= 0.6 is 0 Å². The smallest absolute Gasteiger partial charge is 0.261 e. The molecule has 0 bridgehead atoms. The molecule has 3 rings (SSSR count). The topological polar surface area (TPSA) is 75.3 Å². The lowest BCUT2D eigenvalue weighted by molar-refractivity contribution is 0.0933. The van der Waals surface area contributed by atoms with Crippen molar-refractivity contribution in [3.63, 3.8) is 0 Å². The lowest BCUT2D eigenvalue weighted by Gasteiger charge is -2.22. The maximum absolute atomic E-state index is 13.2. The fourth-order valence-electron chi connectivity index (χ4n) is 3.36. The van der Waals surface area contributed by atoms with Gasteiger partial charge in [0.15, 0.2) is 0 Å². The molecule has 2 N–H and O–H groups in total. The van der Waals surface area contributed by atoms with Crippen LogP contribution in [0.2, 0.25) is 0 Å². The van der Waals surface area contributed by atoms with Crippen LogP contribution in [-0.4, -0.2) is 14.3 Å². The fraction of sp³-hybridized carbons (Fsp3) is 0.240. The van der Waals surface area contributed by atoms with Crippen molar-refractivity contribution in [3.8, 4) is 0 Å². The molecule has 0 aliphatic carbocycles. The predicted molar refractivity (Wildman–Crippen MR) is 125 cm³/mol. The van der Waals surface area contributed by atoms with Crippen LogP contribution in [-0.2, 0) is 10.0 Å². The maximum Gasteiger partial charge on any atom is 0.261 e.